The van der Waals surface area contributed by atoms with E-state index in [1.807, 2.05) is 0 Å². The second kappa shape index (κ2) is 8.15. The van der Waals surface area contributed by atoms with E-state index in [1.165, 1.54) is 24.2 Å². The van der Waals surface area contributed by atoms with Crippen LogP contribution in [0.2, 0.25) is 0 Å². The smallest absolute Gasteiger partial charge is 0.357 e. The predicted molar refractivity (Wildman–Crippen MR) is 79.8 cm³/mol. The van der Waals surface area contributed by atoms with Crippen molar-refractivity contribution in [3.63, 3.8) is 0 Å². The predicted octanol–water partition coefficient (Wildman–Crippen LogP) is 3.95. The molecule has 1 N–H and O–H groups in total. The lowest BCUT2D eigenvalue weighted by atomic mass is 10.0. The van der Waals surface area contributed by atoms with E-state index in [1.54, 1.807) is 12.3 Å². The van der Waals surface area contributed by atoms with Crippen molar-refractivity contribution in [3.8, 4) is 0 Å². The minimum absolute atomic E-state index is 0.348. The minimum atomic E-state index is -0.348. The Kier molecular flexibility index (Phi) is 6.84. The third-order valence-electron chi connectivity index (χ3n) is 2.78. The summed E-state index contributed by atoms with van der Waals surface area (Å²) in [7, 11) is 0. The molecule has 0 unspecified atom stereocenters. The minimum Gasteiger partial charge on any atom is -0.461 e. The highest BCUT2D eigenvalue weighted by molar-refractivity contribution is 7.13. The van der Waals surface area contributed by atoms with Crippen LogP contribution in [-0.2, 0) is 4.74 Å². The molecular formula is C14H24N2O2S. The zero-order chi connectivity index (χ0) is 14.3. The topological polar surface area (TPSA) is 51.2 Å². The summed E-state index contributed by atoms with van der Waals surface area (Å²) in [5.41, 5.74) is 0.392. The Morgan fingerprint density at radius 1 is 1.42 bits per heavy atom. The van der Waals surface area contributed by atoms with E-state index in [9.17, 15) is 4.79 Å². The molecule has 0 amide bonds. The standard InChI is InChI=1S/C14H24N2O2S/c1-5-18-13(17)12-9-19-14(16-12)15-11(4)8-6-7-10(2)3/h9-11H,5-8H2,1-4H3,(H,15,16)/t11-/m0/s1. The molecule has 0 aliphatic heterocycles. The van der Waals surface area contributed by atoms with Crippen LogP contribution in [0.4, 0.5) is 5.13 Å². The Bertz CT molecular complexity index is 391. The molecule has 0 aromatic carbocycles. The van der Waals surface area contributed by atoms with E-state index < -0.39 is 0 Å². The second-order valence-corrected chi connectivity index (χ2v) is 5.99. The van der Waals surface area contributed by atoms with Gasteiger partial charge in [0.1, 0.15) is 0 Å². The molecule has 1 aromatic rings. The quantitative estimate of drug-likeness (QED) is 0.734. The van der Waals surface area contributed by atoms with Gasteiger partial charge in [-0.1, -0.05) is 26.7 Å². The molecule has 0 saturated heterocycles. The Balaban J connectivity index is 2.38. The zero-order valence-corrected chi connectivity index (χ0v) is 13.0. The Morgan fingerprint density at radius 2 is 2.16 bits per heavy atom. The molecule has 19 heavy (non-hydrogen) atoms. The summed E-state index contributed by atoms with van der Waals surface area (Å²) in [5.74, 6) is 0.404. The van der Waals surface area contributed by atoms with Crippen LogP contribution in [0.15, 0.2) is 5.38 Å². The molecule has 0 radical (unpaired) electrons. The molecular weight excluding hydrogens is 260 g/mol. The summed E-state index contributed by atoms with van der Waals surface area (Å²) in [6.07, 6.45) is 3.58. The molecule has 0 saturated carbocycles. The van der Waals surface area contributed by atoms with E-state index in [-0.39, 0.29) is 5.97 Å². The largest absolute Gasteiger partial charge is 0.461 e. The molecule has 1 atom stereocenters. The molecule has 0 spiro atoms. The number of nitrogens with zero attached hydrogens (tertiary/aromatic N) is 1. The number of rotatable bonds is 8. The SMILES string of the molecule is CCOC(=O)c1csc(N[C@@H](C)CCCC(C)C)n1. The fraction of sp³-hybridized carbons (Fsp3) is 0.714. The average molecular weight is 284 g/mol. The lowest BCUT2D eigenvalue weighted by molar-refractivity contribution is 0.0520. The van der Waals surface area contributed by atoms with Gasteiger partial charge in [-0.25, -0.2) is 9.78 Å². The highest BCUT2D eigenvalue weighted by Crippen LogP contribution is 2.19. The van der Waals surface area contributed by atoms with Crippen molar-refractivity contribution in [1.82, 2.24) is 4.98 Å². The number of nitrogens with one attached hydrogen (secondary N) is 1. The van der Waals surface area contributed by atoms with Gasteiger partial charge in [0.05, 0.1) is 6.61 Å². The molecule has 0 aliphatic carbocycles. The van der Waals surface area contributed by atoms with Crippen molar-refractivity contribution in [3.05, 3.63) is 11.1 Å². The highest BCUT2D eigenvalue weighted by atomic mass is 32.1. The van der Waals surface area contributed by atoms with Crippen LogP contribution >= 0.6 is 11.3 Å². The van der Waals surface area contributed by atoms with Crippen LogP contribution in [0.1, 0.15) is 57.4 Å². The van der Waals surface area contributed by atoms with Crippen molar-refractivity contribution in [2.75, 3.05) is 11.9 Å². The van der Waals surface area contributed by atoms with Gasteiger partial charge in [-0.15, -0.1) is 11.3 Å². The Labute approximate surface area is 119 Å². The first kappa shape index (κ1) is 16.0. The van der Waals surface area contributed by atoms with E-state index in [4.69, 9.17) is 4.74 Å². The first-order chi connectivity index (χ1) is 9.02. The number of aromatic nitrogens is 1. The summed E-state index contributed by atoms with van der Waals surface area (Å²) in [5, 5.41) is 5.86. The fourth-order valence-electron chi connectivity index (χ4n) is 1.75. The first-order valence-electron chi connectivity index (χ1n) is 6.92. The van der Waals surface area contributed by atoms with Gasteiger partial charge in [-0.05, 0) is 26.2 Å². The summed E-state index contributed by atoms with van der Waals surface area (Å²) in [6.45, 7) is 8.80. The number of ether oxygens (including phenoxy) is 1. The third kappa shape index (κ3) is 6.05. The van der Waals surface area contributed by atoms with Gasteiger partial charge in [0.25, 0.3) is 0 Å². The highest BCUT2D eigenvalue weighted by Gasteiger charge is 2.12. The van der Waals surface area contributed by atoms with Crippen LogP contribution < -0.4 is 5.32 Å². The van der Waals surface area contributed by atoms with Crippen LogP contribution in [0.25, 0.3) is 0 Å². The lowest BCUT2D eigenvalue weighted by Gasteiger charge is -2.13. The van der Waals surface area contributed by atoms with Crippen molar-refractivity contribution in [1.29, 1.82) is 0 Å². The third-order valence-corrected chi connectivity index (χ3v) is 3.55. The number of esters is 1. The second-order valence-electron chi connectivity index (χ2n) is 5.13. The van der Waals surface area contributed by atoms with Crippen LogP contribution in [-0.4, -0.2) is 23.6 Å². The van der Waals surface area contributed by atoms with Crippen LogP contribution in [0.5, 0.6) is 0 Å². The van der Waals surface area contributed by atoms with Crippen molar-refractivity contribution >= 4 is 22.4 Å². The summed E-state index contributed by atoms with van der Waals surface area (Å²) in [4.78, 5) is 15.7. The molecule has 5 heteroatoms. The maximum Gasteiger partial charge on any atom is 0.357 e. The van der Waals surface area contributed by atoms with Gasteiger partial charge in [-0.2, -0.15) is 0 Å². The zero-order valence-electron chi connectivity index (χ0n) is 12.2. The van der Waals surface area contributed by atoms with Crippen LogP contribution in [0, 0.1) is 5.92 Å². The maximum absolute atomic E-state index is 11.5. The Morgan fingerprint density at radius 3 is 2.79 bits per heavy atom. The summed E-state index contributed by atoms with van der Waals surface area (Å²) >= 11 is 1.45. The number of carbonyl (C=O) groups is 1. The van der Waals surface area contributed by atoms with Crippen molar-refractivity contribution in [2.45, 2.75) is 53.0 Å². The molecule has 0 bridgehead atoms. The molecule has 1 aromatic heterocycles. The monoisotopic (exact) mass is 284 g/mol. The van der Waals surface area contributed by atoms with E-state index in [0.29, 0.717) is 18.3 Å². The van der Waals surface area contributed by atoms with E-state index in [0.717, 1.165) is 17.5 Å². The molecule has 0 fully saturated rings. The summed E-state index contributed by atoms with van der Waals surface area (Å²) in [6, 6.07) is 0.375. The van der Waals surface area contributed by atoms with Gasteiger partial charge in [0.15, 0.2) is 10.8 Å². The van der Waals surface area contributed by atoms with Gasteiger partial charge in [-0.3, -0.25) is 0 Å². The van der Waals surface area contributed by atoms with Crippen molar-refractivity contribution < 1.29 is 9.53 Å². The molecule has 4 nitrogen and oxygen atoms in total. The molecule has 1 rings (SSSR count). The van der Waals surface area contributed by atoms with Crippen molar-refractivity contribution in [2.24, 2.45) is 5.92 Å². The molecule has 108 valence electrons. The van der Waals surface area contributed by atoms with E-state index >= 15 is 0 Å². The van der Waals surface area contributed by atoms with E-state index in [2.05, 4.69) is 31.1 Å². The maximum atomic E-state index is 11.5. The number of thiazole rings is 1. The van der Waals surface area contributed by atoms with Gasteiger partial charge >= 0.3 is 5.97 Å². The average Bonchev–Trinajstić information content (AvgIpc) is 2.77. The fourth-order valence-corrected chi connectivity index (χ4v) is 2.55. The number of hydrogen-bond acceptors (Lipinski definition) is 5. The Hall–Kier alpha value is -1.10. The van der Waals surface area contributed by atoms with Gasteiger partial charge < -0.3 is 10.1 Å². The van der Waals surface area contributed by atoms with Gasteiger partial charge in [0.2, 0.25) is 0 Å². The lowest BCUT2D eigenvalue weighted by Crippen LogP contribution is -2.15. The molecule has 0 aliphatic rings. The normalized spacial score (nSPS) is 12.5. The first-order valence-corrected chi connectivity index (χ1v) is 7.80. The number of hydrogen-bond donors (Lipinski definition) is 1. The van der Waals surface area contributed by atoms with Crippen LogP contribution in [0.3, 0.4) is 0 Å². The number of anilines is 1. The molecule has 1 heterocycles. The van der Waals surface area contributed by atoms with Gasteiger partial charge in [0, 0.05) is 11.4 Å². The number of carbonyl (C=O) groups excluding carboxylic acids is 1. The summed E-state index contributed by atoms with van der Waals surface area (Å²) < 4.78 is 4.91.